The molecule has 2 heterocycles. The van der Waals surface area contributed by atoms with Gasteiger partial charge in [0, 0.05) is 0 Å². The Morgan fingerprint density at radius 3 is 2.63 bits per heavy atom. The van der Waals surface area contributed by atoms with E-state index in [4.69, 9.17) is 10.4 Å². The topological polar surface area (TPSA) is 113 Å². The maximum absolute atomic E-state index is 12.9. The van der Waals surface area contributed by atoms with E-state index in [-0.39, 0.29) is 41.2 Å². The monoisotopic (exact) mass is 497 g/mol. The average Bonchev–Trinajstić information content (AvgIpc) is 3.20. The van der Waals surface area contributed by atoms with Gasteiger partial charge in [0.15, 0.2) is 5.69 Å². The van der Waals surface area contributed by atoms with E-state index in [0.717, 1.165) is 23.1 Å². The fourth-order valence-electron chi connectivity index (χ4n) is 2.43. The van der Waals surface area contributed by atoms with Crippen LogP contribution in [0.25, 0.3) is 17.2 Å². The minimum absolute atomic E-state index is 0. The van der Waals surface area contributed by atoms with Gasteiger partial charge in [-0.05, 0) is 49.2 Å². The summed E-state index contributed by atoms with van der Waals surface area (Å²) in [6.07, 6.45) is -2.66. The average molecular weight is 497 g/mol. The van der Waals surface area contributed by atoms with Crippen LogP contribution in [0, 0.1) is 0 Å². The molecule has 1 aromatic carbocycles. The van der Waals surface area contributed by atoms with E-state index in [2.05, 4.69) is 20.0 Å². The van der Waals surface area contributed by atoms with Crippen LogP contribution in [-0.4, -0.2) is 26.6 Å². The smallest absolute Gasteiger partial charge is 0.330 e. The highest BCUT2D eigenvalue weighted by Crippen LogP contribution is 2.31. The second-order valence-electron chi connectivity index (χ2n) is 5.46. The Hall–Kier alpha value is -2.22. The van der Waals surface area contributed by atoms with Crippen molar-refractivity contribution in [2.24, 2.45) is 5.73 Å². The van der Waals surface area contributed by atoms with Crippen molar-refractivity contribution < 1.29 is 22.3 Å². The molecule has 0 saturated carbocycles. The molecule has 0 aliphatic carbocycles. The maximum atomic E-state index is 12.9. The number of hydrogen-bond donors (Lipinski definition) is 1. The summed E-state index contributed by atoms with van der Waals surface area (Å²) in [6.45, 7) is 0.500. The van der Waals surface area contributed by atoms with E-state index in [0.29, 0.717) is 25.1 Å². The summed E-state index contributed by atoms with van der Waals surface area (Å²) in [7, 11) is 0. The normalized spacial score (nSPS) is 11.4. The second-order valence-corrected chi connectivity index (χ2v) is 5.46. The molecule has 0 aliphatic rings. The van der Waals surface area contributed by atoms with E-state index in [9.17, 15) is 18.0 Å². The molecular formula is C15H15F3IN5O3. The summed E-state index contributed by atoms with van der Waals surface area (Å²) in [4.78, 5) is 12.0. The van der Waals surface area contributed by atoms with Crippen molar-refractivity contribution >= 4 is 24.0 Å². The van der Waals surface area contributed by atoms with Gasteiger partial charge in [-0.25, -0.2) is 14.0 Å². The van der Waals surface area contributed by atoms with E-state index in [1.54, 1.807) is 0 Å². The first-order chi connectivity index (χ1) is 12.4. The zero-order chi connectivity index (χ0) is 18.7. The standard InChI is InChI=1S/C15H14F3N5O3.HI/c16-15(17,18)9-4-3-5-10(8-9)23-13(22-25-14(23)24)12-11(20-26-21-12)6-1-2-7-19;/h3-5,8H,1-2,6-7,19H2;1H. The predicted octanol–water partition coefficient (Wildman–Crippen LogP) is 2.79. The third-order valence-corrected chi connectivity index (χ3v) is 3.67. The second kappa shape index (κ2) is 8.65. The lowest BCUT2D eigenvalue weighted by Crippen LogP contribution is -2.15. The molecule has 8 nitrogen and oxygen atoms in total. The van der Waals surface area contributed by atoms with E-state index >= 15 is 0 Å². The molecule has 0 aliphatic heterocycles. The Morgan fingerprint density at radius 1 is 1.15 bits per heavy atom. The van der Waals surface area contributed by atoms with Crippen LogP contribution in [0.3, 0.4) is 0 Å². The number of hydrogen-bond acceptors (Lipinski definition) is 7. The third kappa shape index (κ3) is 4.55. The molecule has 0 amide bonds. The molecule has 0 bridgehead atoms. The van der Waals surface area contributed by atoms with Crippen molar-refractivity contribution in [3.05, 3.63) is 46.1 Å². The van der Waals surface area contributed by atoms with Crippen molar-refractivity contribution in [1.29, 1.82) is 0 Å². The Balaban J connectivity index is 0.00000261. The van der Waals surface area contributed by atoms with Crippen LogP contribution in [0.1, 0.15) is 24.1 Å². The Morgan fingerprint density at radius 2 is 1.93 bits per heavy atom. The summed E-state index contributed by atoms with van der Waals surface area (Å²) >= 11 is 0. The summed E-state index contributed by atoms with van der Waals surface area (Å²) in [6, 6.07) is 4.24. The van der Waals surface area contributed by atoms with Gasteiger partial charge in [0.2, 0.25) is 5.82 Å². The van der Waals surface area contributed by atoms with Crippen molar-refractivity contribution in [2.75, 3.05) is 6.54 Å². The molecule has 0 atom stereocenters. The predicted molar refractivity (Wildman–Crippen MR) is 97.8 cm³/mol. The lowest BCUT2D eigenvalue weighted by atomic mass is 10.1. The third-order valence-electron chi connectivity index (χ3n) is 3.67. The minimum Gasteiger partial charge on any atom is -0.330 e. The van der Waals surface area contributed by atoms with E-state index < -0.39 is 17.5 Å². The van der Waals surface area contributed by atoms with Crippen LogP contribution in [0.2, 0.25) is 0 Å². The highest BCUT2D eigenvalue weighted by Gasteiger charge is 2.31. The van der Waals surface area contributed by atoms with Gasteiger partial charge in [0.1, 0.15) is 5.69 Å². The van der Waals surface area contributed by atoms with Gasteiger partial charge in [-0.1, -0.05) is 16.4 Å². The number of benzene rings is 1. The number of aryl methyl sites for hydroxylation is 1. The zero-order valence-electron chi connectivity index (χ0n) is 13.8. The van der Waals surface area contributed by atoms with E-state index in [1.807, 2.05) is 0 Å². The summed E-state index contributed by atoms with van der Waals surface area (Å²) in [5.74, 6) is -1.03. The van der Waals surface area contributed by atoms with Crippen molar-refractivity contribution in [3.8, 4) is 17.2 Å². The Kier molecular flexibility index (Phi) is 6.75. The van der Waals surface area contributed by atoms with Crippen LogP contribution >= 0.6 is 24.0 Å². The van der Waals surface area contributed by atoms with Gasteiger partial charge in [0.25, 0.3) is 0 Å². The molecule has 3 rings (SSSR count). The largest absolute Gasteiger partial charge is 0.446 e. The van der Waals surface area contributed by atoms with Crippen molar-refractivity contribution in [1.82, 2.24) is 20.0 Å². The first kappa shape index (κ1) is 21.1. The van der Waals surface area contributed by atoms with Gasteiger partial charge in [-0.2, -0.15) is 13.2 Å². The van der Waals surface area contributed by atoms with Gasteiger partial charge in [-0.3, -0.25) is 4.52 Å². The summed E-state index contributed by atoms with van der Waals surface area (Å²) in [5, 5.41) is 11.1. The first-order valence-electron chi connectivity index (χ1n) is 7.70. The number of halogens is 4. The van der Waals surface area contributed by atoms with Crippen molar-refractivity contribution in [2.45, 2.75) is 25.4 Å². The Bertz CT molecular complexity index is 951. The molecule has 0 saturated heterocycles. The van der Waals surface area contributed by atoms with Gasteiger partial charge >= 0.3 is 11.9 Å². The lowest BCUT2D eigenvalue weighted by Gasteiger charge is -2.09. The SMILES string of the molecule is I.NCCCCc1nonc1-c1noc(=O)n1-c1cccc(C(F)(F)F)c1. The highest BCUT2D eigenvalue weighted by atomic mass is 127. The van der Waals surface area contributed by atoms with Crippen molar-refractivity contribution in [3.63, 3.8) is 0 Å². The number of unbranched alkanes of at least 4 members (excludes halogenated alkanes) is 1. The highest BCUT2D eigenvalue weighted by molar-refractivity contribution is 14.0. The number of aromatic nitrogens is 4. The fraction of sp³-hybridized carbons (Fsp3) is 0.333. The molecule has 0 unspecified atom stereocenters. The van der Waals surface area contributed by atoms with Gasteiger partial charge in [-0.15, -0.1) is 24.0 Å². The summed E-state index contributed by atoms with van der Waals surface area (Å²) in [5.41, 5.74) is 5.02. The molecule has 3 aromatic rings. The number of alkyl halides is 3. The van der Waals surface area contributed by atoms with Crippen LogP contribution in [0.15, 0.2) is 38.2 Å². The summed E-state index contributed by atoms with van der Waals surface area (Å²) < 4.78 is 49.1. The molecule has 0 spiro atoms. The maximum Gasteiger partial charge on any atom is 0.446 e. The molecule has 27 heavy (non-hydrogen) atoms. The molecule has 0 radical (unpaired) electrons. The van der Waals surface area contributed by atoms with Crippen LogP contribution < -0.4 is 11.5 Å². The zero-order valence-corrected chi connectivity index (χ0v) is 16.1. The molecular weight excluding hydrogens is 482 g/mol. The number of nitrogens with zero attached hydrogens (tertiary/aromatic N) is 4. The fourth-order valence-corrected chi connectivity index (χ4v) is 2.43. The quantitative estimate of drug-likeness (QED) is 0.412. The molecule has 0 fully saturated rings. The van der Waals surface area contributed by atoms with Crippen LogP contribution in [0.4, 0.5) is 13.2 Å². The van der Waals surface area contributed by atoms with E-state index in [1.165, 1.54) is 12.1 Å². The first-order valence-corrected chi connectivity index (χ1v) is 7.70. The molecule has 2 aromatic heterocycles. The minimum atomic E-state index is -4.56. The van der Waals surface area contributed by atoms with Gasteiger partial charge < -0.3 is 5.73 Å². The van der Waals surface area contributed by atoms with Gasteiger partial charge in [0.05, 0.1) is 11.3 Å². The lowest BCUT2D eigenvalue weighted by molar-refractivity contribution is -0.137. The van der Waals surface area contributed by atoms with Crippen LogP contribution in [0.5, 0.6) is 0 Å². The molecule has 2 N–H and O–H groups in total. The molecule has 12 heteroatoms. The molecule has 146 valence electrons. The number of nitrogens with two attached hydrogens (primary N) is 1. The van der Waals surface area contributed by atoms with Crippen LogP contribution in [-0.2, 0) is 12.6 Å². The Labute approximate surface area is 167 Å². The number of rotatable bonds is 6.